The minimum absolute atomic E-state index is 0.0456. The molecule has 0 bridgehead atoms. The summed E-state index contributed by atoms with van der Waals surface area (Å²) < 4.78 is 24.5. The van der Waals surface area contributed by atoms with Crippen LogP contribution in [0.2, 0.25) is 0 Å². The van der Waals surface area contributed by atoms with Crippen LogP contribution in [0.1, 0.15) is 12.8 Å². The molecule has 6 heteroatoms. The summed E-state index contributed by atoms with van der Waals surface area (Å²) in [5.41, 5.74) is 0. The first-order valence-corrected chi connectivity index (χ1v) is 6.07. The highest BCUT2D eigenvalue weighted by Gasteiger charge is 2.22. The van der Waals surface area contributed by atoms with Gasteiger partial charge in [0.15, 0.2) is 5.82 Å². The van der Waals surface area contributed by atoms with Crippen molar-refractivity contribution < 1.29 is 8.60 Å². The molecule has 0 unspecified atom stereocenters. The standard InChI is InChI=1S/C9H12FN3OS/c10-7-4-12-9(13-5-7)15(14)8-2-1-3-11-6-8/h4-5,8,11H,1-3,6H2/t8-,15-/m1/s1. The van der Waals surface area contributed by atoms with Gasteiger partial charge in [-0.1, -0.05) is 0 Å². The van der Waals surface area contributed by atoms with Gasteiger partial charge >= 0.3 is 0 Å². The first-order valence-electron chi connectivity index (χ1n) is 4.86. The van der Waals surface area contributed by atoms with Gasteiger partial charge in [0, 0.05) is 6.54 Å². The smallest absolute Gasteiger partial charge is 0.218 e. The Kier molecular flexibility index (Phi) is 3.37. The van der Waals surface area contributed by atoms with E-state index in [0.717, 1.165) is 31.8 Å². The summed E-state index contributed by atoms with van der Waals surface area (Å²) in [7, 11) is -1.23. The zero-order valence-corrected chi connectivity index (χ0v) is 8.97. The number of halogens is 1. The highest BCUT2D eigenvalue weighted by molar-refractivity contribution is 7.85. The van der Waals surface area contributed by atoms with Crippen LogP contribution in [-0.4, -0.2) is 32.5 Å². The molecule has 1 aliphatic rings. The van der Waals surface area contributed by atoms with Crippen LogP contribution >= 0.6 is 0 Å². The molecule has 0 aromatic carbocycles. The average molecular weight is 229 g/mol. The molecule has 2 heterocycles. The van der Waals surface area contributed by atoms with Crippen molar-refractivity contribution in [3.8, 4) is 0 Å². The summed E-state index contributed by atoms with van der Waals surface area (Å²) in [5.74, 6) is -0.502. The molecular weight excluding hydrogens is 217 g/mol. The first-order chi connectivity index (χ1) is 7.27. The third-order valence-electron chi connectivity index (χ3n) is 2.33. The first kappa shape index (κ1) is 10.6. The number of piperidine rings is 1. The van der Waals surface area contributed by atoms with E-state index in [2.05, 4.69) is 15.3 Å². The zero-order chi connectivity index (χ0) is 10.7. The van der Waals surface area contributed by atoms with E-state index >= 15 is 0 Å². The highest BCUT2D eigenvalue weighted by Crippen LogP contribution is 2.13. The Bertz CT molecular complexity index is 351. The fraction of sp³-hybridized carbons (Fsp3) is 0.556. The van der Waals surface area contributed by atoms with Crippen LogP contribution in [0.5, 0.6) is 0 Å². The minimum atomic E-state index is -1.23. The van der Waals surface area contributed by atoms with E-state index in [9.17, 15) is 8.60 Å². The molecule has 1 aliphatic heterocycles. The third kappa shape index (κ3) is 2.57. The van der Waals surface area contributed by atoms with Crippen LogP contribution in [-0.2, 0) is 10.8 Å². The summed E-state index contributed by atoms with van der Waals surface area (Å²) in [6.45, 7) is 1.69. The van der Waals surface area contributed by atoms with Gasteiger partial charge in [-0.15, -0.1) is 0 Å². The van der Waals surface area contributed by atoms with Gasteiger partial charge in [-0.2, -0.15) is 0 Å². The lowest BCUT2D eigenvalue weighted by atomic mass is 10.2. The molecule has 1 fully saturated rings. The topological polar surface area (TPSA) is 54.9 Å². The molecule has 0 amide bonds. The third-order valence-corrected chi connectivity index (χ3v) is 3.91. The van der Waals surface area contributed by atoms with Gasteiger partial charge in [-0.3, -0.25) is 4.21 Å². The van der Waals surface area contributed by atoms with Crippen LogP contribution < -0.4 is 5.32 Å². The number of rotatable bonds is 2. The fourth-order valence-corrected chi connectivity index (χ4v) is 2.82. The second-order valence-electron chi connectivity index (χ2n) is 3.45. The van der Waals surface area contributed by atoms with Crippen LogP contribution in [0, 0.1) is 5.82 Å². The van der Waals surface area contributed by atoms with Crippen molar-refractivity contribution in [2.75, 3.05) is 13.1 Å². The lowest BCUT2D eigenvalue weighted by Gasteiger charge is -2.20. The molecule has 1 aromatic heterocycles. The maximum absolute atomic E-state index is 12.6. The van der Waals surface area contributed by atoms with E-state index in [4.69, 9.17) is 0 Å². The maximum atomic E-state index is 12.6. The molecular formula is C9H12FN3OS. The van der Waals surface area contributed by atoms with Crippen LogP contribution in [0.15, 0.2) is 17.6 Å². The molecule has 1 saturated heterocycles. The maximum Gasteiger partial charge on any atom is 0.218 e. The quantitative estimate of drug-likeness (QED) is 0.749. The van der Waals surface area contributed by atoms with Gasteiger partial charge in [0.2, 0.25) is 5.16 Å². The van der Waals surface area contributed by atoms with Crippen molar-refractivity contribution >= 4 is 10.8 Å². The summed E-state index contributed by atoms with van der Waals surface area (Å²) in [6.07, 6.45) is 4.02. The van der Waals surface area contributed by atoms with Crippen molar-refractivity contribution in [3.05, 3.63) is 18.2 Å². The number of aromatic nitrogens is 2. The van der Waals surface area contributed by atoms with Crippen molar-refractivity contribution in [1.29, 1.82) is 0 Å². The van der Waals surface area contributed by atoms with Crippen LogP contribution in [0.25, 0.3) is 0 Å². The second kappa shape index (κ2) is 4.76. The molecule has 0 aliphatic carbocycles. The van der Waals surface area contributed by atoms with Gasteiger partial charge < -0.3 is 5.32 Å². The lowest BCUT2D eigenvalue weighted by Crippen LogP contribution is -2.36. The molecule has 0 saturated carbocycles. The molecule has 1 aromatic rings. The summed E-state index contributed by atoms with van der Waals surface area (Å²) in [4.78, 5) is 7.48. The van der Waals surface area contributed by atoms with Gasteiger partial charge in [0.25, 0.3) is 0 Å². The van der Waals surface area contributed by atoms with Crippen LogP contribution in [0.4, 0.5) is 4.39 Å². The number of hydrogen-bond donors (Lipinski definition) is 1. The second-order valence-corrected chi connectivity index (χ2v) is 5.08. The molecule has 0 spiro atoms. The Morgan fingerprint density at radius 3 is 2.80 bits per heavy atom. The van der Waals surface area contributed by atoms with Gasteiger partial charge in [0.05, 0.1) is 28.4 Å². The Hall–Kier alpha value is -0.880. The zero-order valence-electron chi connectivity index (χ0n) is 8.15. The van der Waals surface area contributed by atoms with E-state index in [1.165, 1.54) is 0 Å². The van der Waals surface area contributed by atoms with Crippen molar-refractivity contribution in [3.63, 3.8) is 0 Å². The van der Waals surface area contributed by atoms with E-state index < -0.39 is 16.6 Å². The Morgan fingerprint density at radius 1 is 1.47 bits per heavy atom. The lowest BCUT2D eigenvalue weighted by molar-refractivity contribution is 0.517. The van der Waals surface area contributed by atoms with Crippen molar-refractivity contribution in [1.82, 2.24) is 15.3 Å². The van der Waals surface area contributed by atoms with Crippen LogP contribution in [0.3, 0.4) is 0 Å². The fourth-order valence-electron chi connectivity index (χ4n) is 1.56. The predicted molar refractivity (Wildman–Crippen MR) is 54.3 cm³/mol. The Morgan fingerprint density at radius 2 is 2.20 bits per heavy atom. The van der Waals surface area contributed by atoms with Gasteiger partial charge in [-0.05, 0) is 19.4 Å². The average Bonchev–Trinajstić information content (AvgIpc) is 2.30. The SMILES string of the molecule is O=[S@@](c1ncc(F)cn1)[C@@H]1CCCNC1. The molecule has 15 heavy (non-hydrogen) atoms. The summed E-state index contributed by atoms with van der Waals surface area (Å²) in [5, 5.41) is 3.45. The van der Waals surface area contributed by atoms with E-state index in [-0.39, 0.29) is 10.4 Å². The number of nitrogens with one attached hydrogen (secondary N) is 1. The minimum Gasteiger partial charge on any atom is -0.316 e. The highest BCUT2D eigenvalue weighted by atomic mass is 32.2. The Balaban J connectivity index is 2.09. The van der Waals surface area contributed by atoms with E-state index in [1.807, 2.05) is 0 Å². The normalized spacial score (nSPS) is 23.7. The Labute approximate surface area is 89.8 Å². The predicted octanol–water partition coefficient (Wildman–Crippen LogP) is 0.475. The molecule has 0 radical (unpaired) electrons. The molecule has 82 valence electrons. The van der Waals surface area contributed by atoms with Gasteiger partial charge in [-0.25, -0.2) is 14.4 Å². The molecule has 2 atom stereocenters. The molecule has 1 N–H and O–H groups in total. The number of hydrogen-bond acceptors (Lipinski definition) is 4. The van der Waals surface area contributed by atoms with E-state index in [0.29, 0.717) is 6.54 Å². The summed E-state index contributed by atoms with van der Waals surface area (Å²) >= 11 is 0. The monoisotopic (exact) mass is 229 g/mol. The van der Waals surface area contributed by atoms with Crippen molar-refractivity contribution in [2.24, 2.45) is 0 Å². The molecule has 4 nitrogen and oxygen atoms in total. The van der Waals surface area contributed by atoms with E-state index in [1.54, 1.807) is 0 Å². The number of nitrogens with zero attached hydrogens (tertiary/aromatic N) is 2. The van der Waals surface area contributed by atoms with Crippen molar-refractivity contribution in [2.45, 2.75) is 23.2 Å². The molecule has 2 rings (SSSR count). The summed E-state index contributed by atoms with van der Waals surface area (Å²) in [6, 6.07) is 0. The largest absolute Gasteiger partial charge is 0.316 e. The van der Waals surface area contributed by atoms with Gasteiger partial charge in [0.1, 0.15) is 0 Å².